The molecule has 1 aromatic carbocycles. The van der Waals surface area contributed by atoms with Crippen molar-refractivity contribution in [2.75, 3.05) is 18.6 Å². The zero-order valence-corrected chi connectivity index (χ0v) is 13.3. The third-order valence-electron chi connectivity index (χ3n) is 4.69. The number of anilines is 1. The molecular weight excluding hydrogens is 282 g/mol. The topological polar surface area (TPSA) is 66.8 Å². The van der Waals surface area contributed by atoms with E-state index in [1.807, 2.05) is 26.8 Å². The summed E-state index contributed by atoms with van der Waals surface area (Å²) >= 11 is 0. The second kappa shape index (κ2) is 4.64. The van der Waals surface area contributed by atoms with Crippen molar-refractivity contribution in [3.05, 3.63) is 29.3 Å². The molecule has 0 bridgehead atoms. The molecule has 3 rings (SSSR count). The lowest BCUT2D eigenvalue weighted by Gasteiger charge is -2.39. The smallest absolute Gasteiger partial charge is 0.264 e. The highest BCUT2D eigenvalue weighted by molar-refractivity contribution is 6.09. The van der Waals surface area contributed by atoms with Crippen molar-refractivity contribution < 1.29 is 19.4 Å². The molecule has 1 aromatic rings. The number of carbonyl (C=O) groups is 2. The number of hydrogen-bond acceptors (Lipinski definition) is 4. The van der Waals surface area contributed by atoms with Crippen LogP contribution in [0.3, 0.4) is 0 Å². The largest absolute Gasteiger partial charge is 0.375 e. The van der Waals surface area contributed by atoms with Gasteiger partial charge in [0.15, 0.2) is 5.60 Å². The van der Waals surface area contributed by atoms with Gasteiger partial charge in [-0.05, 0) is 26.8 Å². The first-order valence-corrected chi connectivity index (χ1v) is 7.45. The number of Topliss-reactive ketones (excluding diaryl/α,β-unsaturated/α-hetero) is 1. The minimum atomic E-state index is -1.83. The summed E-state index contributed by atoms with van der Waals surface area (Å²) in [6.07, 6.45) is 0.193. The Balaban J connectivity index is 2.08. The van der Waals surface area contributed by atoms with Crippen LogP contribution >= 0.6 is 0 Å². The Bertz CT molecular complexity index is 667. The van der Waals surface area contributed by atoms with Gasteiger partial charge in [-0.15, -0.1) is 0 Å². The van der Waals surface area contributed by atoms with Gasteiger partial charge in [0.05, 0.1) is 23.8 Å². The first kappa shape index (κ1) is 15.2. The Morgan fingerprint density at radius 2 is 2.00 bits per heavy atom. The van der Waals surface area contributed by atoms with Gasteiger partial charge in [-0.3, -0.25) is 9.59 Å². The number of carbonyl (C=O) groups excluding carboxylic acids is 2. The first-order valence-electron chi connectivity index (χ1n) is 7.45. The predicted octanol–water partition coefficient (Wildman–Crippen LogP) is 1.54. The highest BCUT2D eigenvalue weighted by atomic mass is 16.5. The molecule has 0 spiro atoms. The number of amides is 1. The molecule has 0 aromatic heterocycles. The summed E-state index contributed by atoms with van der Waals surface area (Å²) in [5.41, 5.74) is -0.293. The number of hydrogen-bond donors (Lipinski definition) is 1. The van der Waals surface area contributed by atoms with Crippen molar-refractivity contribution in [2.24, 2.45) is 5.92 Å². The maximum absolute atomic E-state index is 12.7. The van der Waals surface area contributed by atoms with Crippen LogP contribution in [-0.4, -0.2) is 36.1 Å². The van der Waals surface area contributed by atoms with Gasteiger partial charge >= 0.3 is 0 Å². The fourth-order valence-electron chi connectivity index (χ4n) is 3.41. The van der Waals surface area contributed by atoms with Gasteiger partial charge in [-0.25, -0.2) is 0 Å². The summed E-state index contributed by atoms with van der Waals surface area (Å²) in [4.78, 5) is 26.6. The van der Waals surface area contributed by atoms with E-state index < -0.39 is 23.0 Å². The quantitative estimate of drug-likeness (QED) is 0.854. The van der Waals surface area contributed by atoms with E-state index in [0.717, 1.165) is 5.56 Å². The molecule has 2 aliphatic heterocycles. The van der Waals surface area contributed by atoms with Gasteiger partial charge in [-0.2, -0.15) is 0 Å². The summed E-state index contributed by atoms with van der Waals surface area (Å²) in [7, 11) is 1.62. The molecule has 0 aliphatic carbocycles. The van der Waals surface area contributed by atoms with Gasteiger partial charge in [-0.1, -0.05) is 17.7 Å². The Morgan fingerprint density at radius 3 is 2.64 bits per heavy atom. The molecule has 0 unspecified atom stereocenters. The summed E-state index contributed by atoms with van der Waals surface area (Å²) in [6, 6.07) is 5.47. The molecule has 22 heavy (non-hydrogen) atoms. The maximum atomic E-state index is 12.7. The van der Waals surface area contributed by atoms with Crippen molar-refractivity contribution in [2.45, 2.75) is 38.4 Å². The van der Waals surface area contributed by atoms with Crippen LogP contribution in [0.5, 0.6) is 0 Å². The monoisotopic (exact) mass is 303 g/mol. The van der Waals surface area contributed by atoms with Crippen LogP contribution in [0.1, 0.15) is 31.4 Å². The van der Waals surface area contributed by atoms with Crippen LogP contribution in [0, 0.1) is 12.8 Å². The number of benzene rings is 1. The third kappa shape index (κ3) is 2.00. The third-order valence-corrected chi connectivity index (χ3v) is 4.69. The molecule has 1 N–H and O–H groups in total. The molecule has 2 atom stereocenters. The Kier molecular flexibility index (Phi) is 3.20. The lowest BCUT2D eigenvalue weighted by Crippen LogP contribution is -2.54. The average molecular weight is 303 g/mol. The summed E-state index contributed by atoms with van der Waals surface area (Å²) < 4.78 is 5.70. The number of rotatable bonds is 1. The maximum Gasteiger partial charge on any atom is 0.264 e. The van der Waals surface area contributed by atoms with E-state index in [1.165, 1.54) is 4.90 Å². The molecular formula is C17H21NO4. The van der Waals surface area contributed by atoms with E-state index in [9.17, 15) is 14.7 Å². The van der Waals surface area contributed by atoms with Crippen LogP contribution in [0.25, 0.3) is 0 Å². The number of ether oxygens (including phenoxy) is 1. The molecule has 0 saturated carbocycles. The van der Waals surface area contributed by atoms with E-state index in [4.69, 9.17) is 4.74 Å². The summed E-state index contributed by atoms with van der Waals surface area (Å²) in [5.74, 6) is -1.46. The van der Waals surface area contributed by atoms with Gasteiger partial charge in [0.25, 0.3) is 5.91 Å². The fourth-order valence-corrected chi connectivity index (χ4v) is 3.41. The number of likely N-dealkylation sites (N-methyl/N-ethyl adjacent to an activating group) is 1. The zero-order chi connectivity index (χ0) is 16.3. The number of nitrogens with zero attached hydrogens (tertiary/aromatic N) is 1. The molecule has 5 nitrogen and oxygen atoms in total. The van der Waals surface area contributed by atoms with E-state index in [0.29, 0.717) is 11.3 Å². The Morgan fingerprint density at radius 1 is 1.32 bits per heavy atom. The van der Waals surface area contributed by atoms with Crippen LogP contribution < -0.4 is 4.90 Å². The number of ketones is 1. The summed E-state index contributed by atoms with van der Waals surface area (Å²) in [6.45, 7) is 5.62. The molecule has 2 aliphatic rings. The van der Waals surface area contributed by atoms with Crippen LogP contribution in [0.15, 0.2) is 18.2 Å². The minimum Gasteiger partial charge on any atom is -0.375 e. The lowest BCUT2D eigenvalue weighted by atomic mass is 9.75. The van der Waals surface area contributed by atoms with Crippen LogP contribution in [0.4, 0.5) is 5.69 Å². The SMILES string of the molecule is Cc1ccc2c(c1)[C@@](O)([C@@H]1COC(C)(C)CC1=O)C(=O)N2C. The zero-order valence-electron chi connectivity index (χ0n) is 13.3. The molecule has 1 fully saturated rings. The second-order valence-corrected chi connectivity index (χ2v) is 6.92. The molecule has 118 valence electrons. The van der Waals surface area contributed by atoms with Gasteiger partial charge in [0.2, 0.25) is 0 Å². The first-order chi connectivity index (χ1) is 10.2. The highest BCUT2D eigenvalue weighted by Crippen LogP contribution is 2.46. The van der Waals surface area contributed by atoms with Crippen LogP contribution in [-0.2, 0) is 19.9 Å². The second-order valence-electron chi connectivity index (χ2n) is 6.92. The highest BCUT2D eigenvalue weighted by Gasteiger charge is 2.57. The molecule has 1 saturated heterocycles. The predicted molar refractivity (Wildman–Crippen MR) is 81.6 cm³/mol. The van der Waals surface area contributed by atoms with E-state index in [-0.39, 0.29) is 18.8 Å². The number of fused-ring (bicyclic) bond motifs is 1. The number of aryl methyl sites for hydroxylation is 1. The van der Waals surface area contributed by atoms with Crippen molar-refractivity contribution in [3.63, 3.8) is 0 Å². The van der Waals surface area contributed by atoms with E-state index in [1.54, 1.807) is 19.2 Å². The van der Waals surface area contributed by atoms with Crippen molar-refractivity contribution in [1.29, 1.82) is 0 Å². The van der Waals surface area contributed by atoms with Crippen molar-refractivity contribution in [1.82, 2.24) is 0 Å². The van der Waals surface area contributed by atoms with E-state index in [2.05, 4.69) is 0 Å². The Hall–Kier alpha value is -1.72. The molecule has 0 radical (unpaired) electrons. The van der Waals surface area contributed by atoms with Gasteiger partial charge < -0.3 is 14.7 Å². The Labute approximate surface area is 129 Å². The van der Waals surface area contributed by atoms with E-state index >= 15 is 0 Å². The normalized spacial score (nSPS) is 30.6. The molecule has 5 heteroatoms. The average Bonchev–Trinajstić information content (AvgIpc) is 2.60. The molecule has 1 amide bonds. The van der Waals surface area contributed by atoms with Gasteiger partial charge in [0.1, 0.15) is 5.78 Å². The summed E-state index contributed by atoms with van der Waals surface area (Å²) in [5, 5.41) is 11.2. The standard InChI is InChI=1S/C17H21NO4/c1-10-5-6-13-11(7-10)17(21,15(20)18(13)4)12-9-22-16(2,3)8-14(12)19/h5-7,12,21H,8-9H2,1-4H3/t12-,17-/m1/s1. The number of aliphatic hydroxyl groups is 1. The fraction of sp³-hybridized carbons (Fsp3) is 0.529. The minimum absolute atomic E-state index is 0.0509. The lowest BCUT2D eigenvalue weighted by molar-refractivity contribution is -0.172. The van der Waals surface area contributed by atoms with Gasteiger partial charge in [0, 0.05) is 19.0 Å². The molecule has 2 heterocycles. The van der Waals surface area contributed by atoms with Crippen molar-refractivity contribution in [3.8, 4) is 0 Å². The van der Waals surface area contributed by atoms with Crippen molar-refractivity contribution >= 4 is 17.4 Å². The van der Waals surface area contributed by atoms with Crippen LogP contribution in [0.2, 0.25) is 0 Å².